The second kappa shape index (κ2) is 4.22. The van der Waals surface area contributed by atoms with Crippen molar-refractivity contribution in [2.75, 3.05) is 7.11 Å². The van der Waals surface area contributed by atoms with Crippen molar-refractivity contribution in [1.82, 2.24) is 0 Å². The molecule has 1 atom stereocenters. The molecule has 59 valence electrons. The molecule has 11 heavy (non-hydrogen) atoms. The van der Waals surface area contributed by atoms with Crippen molar-refractivity contribution in [1.29, 1.82) is 0 Å². The lowest BCUT2D eigenvalue weighted by Gasteiger charge is -1.96. The van der Waals surface area contributed by atoms with Crippen molar-refractivity contribution in [3.8, 4) is 0 Å². The quantitative estimate of drug-likeness (QED) is 0.650. The van der Waals surface area contributed by atoms with E-state index in [1.165, 1.54) is 7.11 Å². The molecular weight excluding hydrogens is 159 g/mol. The Morgan fingerprint density at radius 1 is 1.36 bits per heavy atom. The highest BCUT2D eigenvalue weighted by Crippen LogP contribution is 2.25. The second-order valence-electron chi connectivity index (χ2n) is 2.16. The summed E-state index contributed by atoms with van der Waals surface area (Å²) in [7, 11) is -0.0447. The maximum absolute atomic E-state index is 10.9. The fourth-order valence-corrected chi connectivity index (χ4v) is 1.44. The van der Waals surface area contributed by atoms with Crippen LogP contribution in [0.4, 0.5) is 0 Å². The van der Waals surface area contributed by atoms with Gasteiger partial charge in [0.1, 0.15) is 0 Å². The summed E-state index contributed by atoms with van der Waals surface area (Å²) in [6, 6.07) is 9.66. The van der Waals surface area contributed by atoms with Crippen LogP contribution in [0.3, 0.4) is 0 Å². The SMILES string of the molecule is CO[P](=O)Cc1ccccc1. The van der Waals surface area contributed by atoms with Crippen molar-refractivity contribution in [2.24, 2.45) is 0 Å². The molecule has 0 aliphatic carbocycles. The zero-order chi connectivity index (χ0) is 8.10. The standard InChI is InChI=1S/C8H10O2P/c1-10-11(9)7-8-5-3-2-4-6-8/h2-6H,7H2,1H3. The lowest BCUT2D eigenvalue weighted by molar-refractivity contribution is 0.414. The van der Waals surface area contributed by atoms with Gasteiger partial charge in [-0.15, -0.1) is 0 Å². The number of benzene rings is 1. The topological polar surface area (TPSA) is 26.3 Å². The fraction of sp³-hybridized carbons (Fsp3) is 0.250. The van der Waals surface area contributed by atoms with Gasteiger partial charge in [0.05, 0.1) is 6.16 Å². The molecule has 1 rings (SSSR count). The summed E-state index contributed by atoms with van der Waals surface area (Å²) in [5.41, 5.74) is 1.05. The Hall–Kier alpha value is -0.720. The first-order chi connectivity index (χ1) is 5.33. The Balaban J connectivity index is 2.58. The van der Waals surface area contributed by atoms with Crippen molar-refractivity contribution in [2.45, 2.75) is 6.16 Å². The summed E-state index contributed by atoms with van der Waals surface area (Å²) < 4.78 is 15.6. The van der Waals surface area contributed by atoms with E-state index in [2.05, 4.69) is 4.52 Å². The third-order valence-corrected chi connectivity index (χ3v) is 2.39. The van der Waals surface area contributed by atoms with Crippen molar-refractivity contribution in [3.63, 3.8) is 0 Å². The molecule has 0 saturated carbocycles. The molecule has 1 aromatic carbocycles. The molecule has 0 spiro atoms. The maximum Gasteiger partial charge on any atom is 0.216 e. The average Bonchev–Trinajstić information content (AvgIpc) is 2.06. The Morgan fingerprint density at radius 3 is 2.55 bits per heavy atom. The molecule has 0 aliphatic rings. The third kappa shape index (κ3) is 2.79. The van der Waals surface area contributed by atoms with Gasteiger partial charge in [-0.3, -0.25) is 4.57 Å². The van der Waals surface area contributed by atoms with Crippen LogP contribution in [0.2, 0.25) is 0 Å². The molecule has 1 unspecified atom stereocenters. The summed E-state index contributed by atoms with van der Waals surface area (Å²) in [5, 5.41) is 0. The minimum atomic E-state index is -1.50. The highest BCUT2D eigenvalue weighted by atomic mass is 31.1. The molecular formula is C8H10O2P. The van der Waals surface area contributed by atoms with Gasteiger partial charge in [0.25, 0.3) is 0 Å². The molecule has 0 saturated heterocycles. The minimum Gasteiger partial charge on any atom is -0.307 e. The highest BCUT2D eigenvalue weighted by molar-refractivity contribution is 7.38. The van der Waals surface area contributed by atoms with Crippen LogP contribution in [0.25, 0.3) is 0 Å². The highest BCUT2D eigenvalue weighted by Gasteiger charge is 1.98. The molecule has 0 aliphatic heterocycles. The van der Waals surface area contributed by atoms with E-state index in [4.69, 9.17) is 0 Å². The number of rotatable bonds is 3. The summed E-state index contributed by atoms with van der Waals surface area (Å²) in [4.78, 5) is 0. The second-order valence-corrected chi connectivity index (χ2v) is 3.51. The summed E-state index contributed by atoms with van der Waals surface area (Å²) in [5.74, 6) is 0. The Labute approximate surface area is 67.1 Å². The molecule has 0 bridgehead atoms. The Kier molecular flexibility index (Phi) is 3.21. The van der Waals surface area contributed by atoms with Crippen LogP contribution < -0.4 is 0 Å². The first kappa shape index (κ1) is 8.38. The van der Waals surface area contributed by atoms with Crippen LogP contribution in [-0.2, 0) is 15.3 Å². The first-order valence-corrected chi connectivity index (χ1v) is 4.72. The summed E-state index contributed by atoms with van der Waals surface area (Å²) in [6.45, 7) is 0. The molecule has 0 fully saturated rings. The zero-order valence-electron chi connectivity index (χ0n) is 6.36. The van der Waals surface area contributed by atoms with Crippen LogP contribution in [0.15, 0.2) is 30.3 Å². The van der Waals surface area contributed by atoms with Crippen molar-refractivity contribution >= 4 is 8.03 Å². The van der Waals surface area contributed by atoms with Crippen molar-refractivity contribution in [3.05, 3.63) is 35.9 Å². The largest absolute Gasteiger partial charge is 0.307 e. The van der Waals surface area contributed by atoms with E-state index in [9.17, 15) is 4.57 Å². The van der Waals surface area contributed by atoms with Gasteiger partial charge in [-0.1, -0.05) is 30.3 Å². The number of hydrogen-bond donors (Lipinski definition) is 0. The molecule has 0 N–H and O–H groups in total. The van der Waals surface area contributed by atoms with E-state index in [1.807, 2.05) is 30.3 Å². The van der Waals surface area contributed by atoms with Crippen LogP contribution in [0, 0.1) is 0 Å². The molecule has 1 aromatic rings. The van der Waals surface area contributed by atoms with Crippen LogP contribution in [-0.4, -0.2) is 7.11 Å². The molecule has 0 amide bonds. The van der Waals surface area contributed by atoms with E-state index >= 15 is 0 Å². The Bertz CT molecular complexity index is 233. The van der Waals surface area contributed by atoms with Crippen LogP contribution in [0.5, 0.6) is 0 Å². The lowest BCUT2D eigenvalue weighted by Crippen LogP contribution is -1.78. The smallest absolute Gasteiger partial charge is 0.216 e. The van der Waals surface area contributed by atoms with Gasteiger partial charge in [-0.05, 0) is 5.56 Å². The normalized spacial score (nSPS) is 11.2. The average molecular weight is 169 g/mol. The van der Waals surface area contributed by atoms with Gasteiger partial charge in [0, 0.05) is 7.11 Å². The zero-order valence-corrected chi connectivity index (χ0v) is 7.25. The fourth-order valence-electron chi connectivity index (χ4n) is 0.797. The number of hydrogen-bond acceptors (Lipinski definition) is 2. The minimum absolute atomic E-state index is 0.507. The van der Waals surface area contributed by atoms with Crippen molar-refractivity contribution < 1.29 is 9.09 Å². The molecule has 0 aromatic heterocycles. The maximum atomic E-state index is 10.9. The van der Waals surface area contributed by atoms with Gasteiger partial charge >= 0.3 is 0 Å². The Morgan fingerprint density at radius 2 is 2.00 bits per heavy atom. The third-order valence-electron chi connectivity index (χ3n) is 1.36. The molecule has 0 heterocycles. The summed E-state index contributed by atoms with van der Waals surface area (Å²) in [6.07, 6.45) is 0.507. The van der Waals surface area contributed by atoms with E-state index < -0.39 is 8.03 Å². The van der Waals surface area contributed by atoms with Crippen LogP contribution >= 0.6 is 8.03 Å². The summed E-state index contributed by atoms with van der Waals surface area (Å²) >= 11 is 0. The molecule has 3 heteroatoms. The van der Waals surface area contributed by atoms with Crippen LogP contribution in [0.1, 0.15) is 5.56 Å². The van der Waals surface area contributed by atoms with Gasteiger partial charge in [-0.25, -0.2) is 0 Å². The van der Waals surface area contributed by atoms with Gasteiger partial charge < -0.3 is 4.52 Å². The predicted octanol–water partition coefficient (Wildman–Crippen LogP) is 2.58. The molecule has 1 radical (unpaired) electrons. The van der Waals surface area contributed by atoms with Gasteiger partial charge in [0.15, 0.2) is 0 Å². The first-order valence-electron chi connectivity index (χ1n) is 3.35. The van der Waals surface area contributed by atoms with E-state index in [1.54, 1.807) is 0 Å². The monoisotopic (exact) mass is 169 g/mol. The van der Waals surface area contributed by atoms with Gasteiger partial charge in [0.2, 0.25) is 8.03 Å². The lowest BCUT2D eigenvalue weighted by atomic mass is 10.2. The van der Waals surface area contributed by atoms with E-state index in [-0.39, 0.29) is 0 Å². The van der Waals surface area contributed by atoms with E-state index in [0.717, 1.165) is 5.56 Å². The van der Waals surface area contributed by atoms with E-state index in [0.29, 0.717) is 6.16 Å². The van der Waals surface area contributed by atoms with Gasteiger partial charge in [-0.2, -0.15) is 0 Å². The predicted molar refractivity (Wildman–Crippen MR) is 44.8 cm³/mol. The molecule has 2 nitrogen and oxygen atoms in total.